The first kappa shape index (κ1) is 10.9. The van der Waals surface area contributed by atoms with Crippen molar-refractivity contribution >= 4 is 5.91 Å². The Kier molecular flexibility index (Phi) is 2.71. The van der Waals surface area contributed by atoms with E-state index in [-0.39, 0.29) is 19.6 Å². The minimum absolute atomic E-state index is 0.0781. The van der Waals surface area contributed by atoms with Crippen molar-refractivity contribution in [2.45, 2.75) is 18.1 Å². The molecule has 3 nitrogen and oxygen atoms in total. The maximum absolute atomic E-state index is 11.9. The molecule has 1 fully saturated rings. The molecule has 1 aliphatic rings. The Morgan fingerprint density at radius 2 is 2.21 bits per heavy atom. The molecule has 1 N–H and O–H groups in total. The number of amides is 1. The summed E-state index contributed by atoms with van der Waals surface area (Å²) in [5.74, 6) is 0.0966. The first-order valence-electron chi connectivity index (χ1n) is 3.84. The van der Waals surface area contributed by atoms with Gasteiger partial charge in [-0.25, -0.2) is 0 Å². The van der Waals surface area contributed by atoms with Crippen molar-refractivity contribution in [2.24, 2.45) is 0 Å². The monoisotopic (exact) mass is 207 g/mol. The number of nitrogens with one attached hydrogen (secondary N) is 1. The number of halogens is 3. The van der Waals surface area contributed by atoms with Crippen LogP contribution in [0.1, 0.15) is 6.42 Å². The lowest BCUT2D eigenvalue weighted by molar-refractivity contribution is -0.175. The molecule has 0 aliphatic carbocycles. The average Bonchev–Trinajstić information content (AvgIpc) is 2.52. The summed E-state index contributed by atoms with van der Waals surface area (Å²) < 4.78 is 40.5. The lowest BCUT2D eigenvalue weighted by Crippen LogP contribution is -2.52. The minimum Gasteiger partial charge on any atom is -0.378 e. The number of carbonyl (C=O) groups excluding carboxylic acids is 1. The molecule has 0 bridgehead atoms. The Balaban J connectivity index is 2.67. The van der Waals surface area contributed by atoms with Gasteiger partial charge in [-0.1, -0.05) is 5.92 Å². The minimum atomic E-state index is -4.91. The highest BCUT2D eigenvalue weighted by atomic mass is 19.4. The van der Waals surface area contributed by atoms with E-state index in [1.54, 1.807) is 5.32 Å². The van der Waals surface area contributed by atoms with Crippen LogP contribution >= 0.6 is 0 Å². The molecule has 0 radical (unpaired) electrons. The molecule has 0 aromatic heterocycles. The number of hydrogen-bond acceptors (Lipinski definition) is 2. The molecular weight excluding hydrogens is 199 g/mol. The van der Waals surface area contributed by atoms with Crippen LogP contribution in [0.4, 0.5) is 13.2 Å². The third-order valence-electron chi connectivity index (χ3n) is 1.91. The summed E-state index contributed by atoms with van der Waals surface area (Å²) in [4.78, 5) is 10.6. The number of alkyl halides is 3. The van der Waals surface area contributed by atoms with Gasteiger partial charge >= 0.3 is 12.1 Å². The molecule has 6 heteroatoms. The highest BCUT2D eigenvalue weighted by Gasteiger charge is 2.44. The highest BCUT2D eigenvalue weighted by molar-refractivity contribution is 5.83. The van der Waals surface area contributed by atoms with Crippen LogP contribution in [0.2, 0.25) is 0 Å². The van der Waals surface area contributed by atoms with Crippen molar-refractivity contribution in [1.29, 1.82) is 0 Å². The van der Waals surface area contributed by atoms with Crippen LogP contribution in [0.25, 0.3) is 0 Å². The Morgan fingerprint density at radius 1 is 1.57 bits per heavy atom. The van der Waals surface area contributed by atoms with E-state index in [9.17, 15) is 18.0 Å². The predicted octanol–water partition coefficient (Wildman–Crippen LogP) is 0.457. The van der Waals surface area contributed by atoms with Gasteiger partial charge in [0.2, 0.25) is 0 Å². The third-order valence-corrected chi connectivity index (χ3v) is 1.91. The molecule has 1 unspecified atom stereocenters. The quantitative estimate of drug-likeness (QED) is 0.634. The number of terminal acetylenes is 1. The molecule has 1 aliphatic heterocycles. The zero-order valence-electron chi connectivity index (χ0n) is 7.15. The molecule has 0 spiro atoms. The van der Waals surface area contributed by atoms with Crippen molar-refractivity contribution < 1.29 is 22.7 Å². The van der Waals surface area contributed by atoms with Crippen molar-refractivity contribution in [1.82, 2.24) is 5.32 Å². The normalized spacial score (nSPS) is 27.0. The average molecular weight is 207 g/mol. The van der Waals surface area contributed by atoms with Crippen LogP contribution in [0.3, 0.4) is 0 Å². The zero-order valence-corrected chi connectivity index (χ0v) is 7.15. The Hall–Kier alpha value is -1.22. The van der Waals surface area contributed by atoms with Crippen LogP contribution in [0, 0.1) is 12.3 Å². The maximum atomic E-state index is 11.9. The van der Waals surface area contributed by atoms with Gasteiger partial charge in [-0.3, -0.25) is 4.79 Å². The standard InChI is InChI=1S/C8H8F3NO2/c1-2-7(3-4-14-5-7)12-6(13)8(9,10)11/h1H,3-5H2,(H,12,13). The van der Waals surface area contributed by atoms with Gasteiger partial charge in [0.25, 0.3) is 0 Å². The van der Waals surface area contributed by atoms with Crippen molar-refractivity contribution in [3.05, 3.63) is 0 Å². The molecule has 1 saturated heterocycles. The topological polar surface area (TPSA) is 38.3 Å². The van der Waals surface area contributed by atoms with E-state index < -0.39 is 17.6 Å². The molecule has 1 rings (SSSR count). The lowest BCUT2D eigenvalue weighted by Gasteiger charge is -2.22. The molecule has 0 saturated carbocycles. The van der Waals surface area contributed by atoms with E-state index >= 15 is 0 Å². The fourth-order valence-corrected chi connectivity index (χ4v) is 1.10. The second kappa shape index (κ2) is 3.50. The van der Waals surface area contributed by atoms with Crippen LogP contribution in [-0.2, 0) is 9.53 Å². The van der Waals surface area contributed by atoms with Gasteiger partial charge in [0.15, 0.2) is 0 Å². The van der Waals surface area contributed by atoms with Crippen molar-refractivity contribution in [3.8, 4) is 12.3 Å². The van der Waals surface area contributed by atoms with Gasteiger partial charge in [0.1, 0.15) is 5.54 Å². The maximum Gasteiger partial charge on any atom is 0.471 e. The SMILES string of the molecule is C#CC1(NC(=O)C(F)(F)F)CCOC1. The number of rotatable bonds is 1. The molecule has 78 valence electrons. The zero-order chi connectivity index (χ0) is 10.8. The van der Waals surface area contributed by atoms with E-state index in [0.29, 0.717) is 0 Å². The van der Waals surface area contributed by atoms with Crippen LogP contribution in [-0.4, -0.2) is 30.8 Å². The third kappa shape index (κ3) is 2.17. The van der Waals surface area contributed by atoms with Crippen LogP contribution in [0.15, 0.2) is 0 Å². The predicted molar refractivity (Wildman–Crippen MR) is 41.2 cm³/mol. The molecule has 1 amide bonds. The van der Waals surface area contributed by atoms with Gasteiger partial charge in [0, 0.05) is 6.42 Å². The summed E-state index contributed by atoms with van der Waals surface area (Å²) in [7, 11) is 0. The van der Waals surface area contributed by atoms with Gasteiger partial charge in [0.05, 0.1) is 13.2 Å². The molecule has 0 aromatic carbocycles. The number of hydrogen-bond donors (Lipinski definition) is 1. The molecular formula is C8H8F3NO2. The van der Waals surface area contributed by atoms with E-state index in [2.05, 4.69) is 5.92 Å². The van der Waals surface area contributed by atoms with E-state index in [1.165, 1.54) is 0 Å². The van der Waals surface area contributed by atoms with E-state index in [0.717, 1.165) is 0 Å². The van der Waals surface area contributed by atoms with Crippen molar-refractivity contribution in [2.75, 3.05) is 13.2 Å². The molecule has 0 aromatic rings. The molecule has 14 heavy (non-hydrogen) atoms. The summed E-state index contributed by atoms with van der Waals surface area (Å²) in [6, 6.07) is 0. The molecule has 1 atom stereocenters. The Labute approximate surface area is 78.6 Å². The highest BCUT2D eigenvalue weighted by Crippen LogP contribution is 2.21. The summed E-state index contributed by atoms with van der Waals surface area (Å²) >= 11 is 0. The second-order valence-electron chi connectivity index (χ2n) is 2.98. The number of carbonyl (C=O) groups is 1. The first-order valence-corrected chi connectivity index (χ1v) is 3.84. The first-order chi connectivity index (χ1) is 6.40. The molecule has 1 heterocycles. The van der Waals surface area contributed by atoms with E-state index in [1.807, 2.05) is 0 Å². The summed E-state index contributed by atoms with van der Waals surface area (Å²) in [5.41, 5.74) is -1.30. The lowest BCUT2D eigenvalue weighted by atomic mass is 10.0. The summed E-state index contributed by atoms with van der Waals surface area (Å²) in [5, 5.41) is 1.76. The van der Waals surface area contributed by atoms with Crippen molar-refractivity contribution in [3.63, 3.8) is 0 Å². The summed E-state index contributed by atoms with van der Waals surface area (Å²) in [6.07, 6.45) is 0.338. The van der Waals surface area contributed by atoms with Crippen LogP contribution in [0.5, 0.6) is 0 Å². The van der Waals surface area contributed by atoms with Gasteiger partial charge < -0.3 is 10.1 Å². The van der Waals surface area contributed by atoms with Crippen LogP contribution < -0.4 is 5.32 Å². The van der Waals surface area contributed by atoms with Gasteiger partial charge in [-0.05, 0) is 0 Å². The smallest absolute Gasteiger partial charge is 0.378 e. The Bertz CT molecular complexity index is 273. The second-order valence-corrected chi connectivity index (χ2v) is 2.98. The van der Waals surface area contributed by atoms with E-state index in [4.69, 9.17) is 11.2 Å². The summed E-state index contributed by atoms with van der Waals surface area (Å²) in [6.45, 7) is 0.174. The Morgan fingerprint density at radius 3 is 2.57 bits per heavy atom. The fourth-order valence-electron chi connectivity index (χ4n) is 1.10. The fraction of sp³-hybridized carbons (Fsp3) is 0.625. The van der Waals surface area contributed by atoms with Gasteiger partial charge in [-0.15, -0.1) is 6.42 Å². The van der Waals surface area contributed by atoms with Gasteiger partial charge in [-0.2, -0.15) is 13.2 Å². The largest absolute Gasteiger partial charge is 0.471 e. The number of ether oxygens (including phenoxy) is 1.